The normalized spacial score (nSPS) is 18.7. The number of rotatable bonds is 6. The minimum atomic E-state index is -3.17. The number of carboxylic acids is 1. The summed E-state index contributed by atoms with van der Waals surface area (Å²) in [7, 11) is -1.65. The molecule has 0 aromatic carbocycles. The first-order chi connectivity index (χ1) is 8.33. The first-order valence-corrected chi connectivity index (χ1v) is 7.37. The number of aliphatic carboxylic acids is 1. The largest absolute Gasteiger partial charge is 0.481 e. The Morgan fingerprint density at radius 2 is 2.00 bits per heavy atom. The summed E-state index contributed by atoms with van der Waals surface area (Å²) in [5.41, 5.74) is 0. The van der Waals surface area contributed by atoms with Gasteiger partial charge in [0.1, 0.15) is 0 Å². The van der Waals surface area contributed by atoms with E-state index in [1.807, 2.05) is 0 Å². The van der Waals surface area contributed by atoms with E-state index in [-0.39, 0.29) is 37.6 Å². The van der Waals surface area contributed by atoms with Crippen molar-refractivity contribution in [3.05, 3.63) is 0 Å². The molecule has 1 amide bonds. The Balaban J connectivity index is 2.34. The predicted octanol–water partition coefficient (Wildman–Crippen LogP) is -0.655. The van der Waals surface area contributed by atoms with Gasteiger partial charge in [0.2, 0.25) is 15.9 Å². The summed E-state index contributed by atoms with van der Waals surface area (Å²) in [5.74, 6) is -1.05. The molecule has 0 spiro atoms. The summed E-state index contributed by atoms with van der Waals surface area (Å²) in [6.07, 6.45) is 0.588. The Morgan fingerprint density at radius 1 is 1.33 bits per heavy atom. The third kappa shape index (κ3) is 4.26. The highest BCUT2D eigenvalue weighted by Crippen LogP contribution is 2.13. The highest BCUT2D eigenvalue weighted by molar-refractivity contribution is 7.89. The number of carbonyl (C=O) groups excluding carboxylic acids is 1. The number of carboxylic acid groups (broad SMARTS) is 1. The van der Waals surface area contributed by atoms with Crippen molar-refractivity contribution in [3.8, 4) is 0 Å². The summed E-state index contributed by atoms with van der Waals surface area (Å²) in [5, 5.41) is 8.49. The Hall–Kier alpha value is -1.15. The molecular weight excluding hydrogens is 260 g/mol. The van der Waals surface area contributed by atoms with Gasteiger partial charge in [0.15, 0.2) is 0 Å². The molecule has 18 heavy (non-hydrogen) atoms. The number of carbonyl (C=O) groups is 2. The van der Waals surface area contributed by atoms with Crippen molar-refractivity contribution < 1.29 is 23.1 Å². The molecule has 8 heteroatoms. The van der Waals surface area contributed by atoms with Crippen molar-refractivity contribution in [2.75, 3.05) is 32.4 Å². The molecule has 7 nitrogen and oxygen atoms in total. The van der Waals surface area contributed by atoms with Gasteiger partial charge in [0, 0.05) is 33.1 Å². The Morgan fingerprint density at radius 3 is 2.50 bits per heavy atom. The van der Waals surface area contributed by atoms with E-state index in [0.29, 0.717) is 13.0 Å². The summed E-state index contributed by atoms with van der Waals surface area (Å²) >= 11 is 0. The number of amides is 1. The molecule has 0 bridgehead atoms. The highest BCUT2D eigenvalue weighted by atomic mass is 32.2. The van der Waals surface area contributed by atoms with Crippen LogP contribution in [0.1, 0.15) is 19.3 Å². The van der Waals surface area contributed by atoms with Gasteiger partial charge in [-0.05, 0) is 6.42 Å². The fraction of sp³-hybridized carbons (Fsp3) is 0.800. The lowest BCUT2D eigenvalue weighted by molar-refractivity contribution is -0.138. The number of nitrogens with zero attached hydrogens (tertiary/aromatic N) is 2. The fourth-order valence-corrected chi connectivity index (χ4v) is 3.27. The van der Waals surface area contributed by atoms with Gasteiger partial charge in [-0.25, -0.2) is 12.7 Å². The first-order valence-electron chi connectivity index (χ1n) is 5.76. The maximum Gasteiger partial charge on any atom is 0.305 e. The lowest BCUT2D eigenvalue weighted by Crippen LogP contribution is -2.34. The second-order valence-electron chi connectivity index (χ2n) is 4.28. The fourth-order valence-electron chi connectivity index (χ4n) is 1.74. The van der Waals surface area contributed by atoms with Gasteiger partial charge in [-0.2, -0.15) is 0 Å². The molecule has 1 saturated heterocycles. The van der Waals surface area contributed by atoms with Crippen LogP contribution in [0.15, 0.2) is 0 Å². The van der Waals surface area contributed by atoms with Crippen molar-refractivity contribution in [3.63, 3.8) is 0 Å². The lowest BCUT2D eigenvalue weighted by Gasteiger charge is -2.18. The molecule has 0 aromatic rings. The zero-order valence-corrected chi connectivity index (χ0v) is 11.1. The molecule has 0 aliphatic carbocycles. The topological polar surface area (TPSA) is 95.0 Å². The van der Waals surface area contributed by atoms with Crippen LogP contribution in [-0.2, 0) is 19.6 Å². The van der Waals surface area contributed by atoms with Crippen LogP contribution in [-0.4, -0.2) is 67.0 Å². The van der Waals surface area contributed by atoms with Crippen LogP contribution in [0.3, 0.4) is 0 Å². The van der Waals surface area contributed by atoms with Crippen LogP contribution in [0.5, 0.6) is 0 Å². The molecular formula is C10H18N2O5S. The SMILES string of the molecule is CN(CCC(=O)O)C(=O)CCN1CCCS1(=O)=O. The molecule has 0 radical (unpaired) electrons. The van der Waals surface area contributed by atoms with Gasteiger partial charge in [-0.3, -0.25) is 9.59 Å². The van der Waals surface area contributed by atoms with Crippen LogP contribution < -0.4 is 0 Å². The molecule has 0 atom stereocenters. The molecule has 0 saturated carbocycles. The Labute approximate surface area is 106 Å². The zero-order chi connectivity index (χ0) is 13.8. The van der Waals surface area contributed by atoms with Crippen molar-refractivity contribution in [1.82, 2.24) is 9.21 Å². The third-order valence-corrected chi connectivity index (χ3v) is 4.82. The van der Waals surface area contributed by atoms with Crippen molar-refractivity contribution in [2.24, 2.45) is 0 Å². The monoisotopic (exact) mass is 278 g/mol. The maximum atomic E-state index is 11.6. The van der Waals surface area contributed by atoms with Crippen molar-refractivity contribution in [2.45, 2.75) is 19.3 Å². The predicted molar refractivity (Wildman–Crippen MR) is 64.5 cm³/mol. The van der Waals surface area contributed by atoms with Gasteiger partial charge in [-0.1, -0.05) is 0 Å². The van der Waals surface area contributed by atoms with E-state index >= 15 is 0 Å². The highest BCUT2D eigenvalue weighted by Gasteiger charge is 2.28. The number of hydrogen-bond acceptors (Lipinski definition) is 4. The molecule has 0 unspecified atom stereocenters. The minimum absolute atomic E-state index is 0.0926. The Kier molecular flexibility index (Phi) is 5.09. The third-order valence-electron chi connectivity index (χ3n) is 2.87. The average molecular weight is 278 g/mol. The van der Waals surface area contributed by atoms with Gasteiger partial charge < -0.3 is 10.0 Å². The van der Waals surface area contributed by atoms with Gasteiger partial charge in [0.25, 0.3) is 0 Å². The molecule has 0 aromatic heterocycles. The van der Waals surface area contributed by atoms with Gasteiger partial charge in [-0.15, -0.1) is 0 Å². The van der Waals surface area contributed by atoms with E-state index in [0.717, 1.165) is 0 Å². The van der Waals surface area contributed by atoms with Crippen LogP contribution in [0, 0.1) is 0 Å². The zero-order valence-electron chi connectivity index (χ0n) is 10.3. The summed E-state index contributed by atoms with van der Waals surface area (Å²) in [4.78, 5) is 23.3. The molecule has 1 aliphatic rings. The van der Waals surface area contributed by atoms with Crippen LogP contribution in [0.2, 0.25) is 0 Å². The molecule has 1 heterocycles. The molecule has 104 valence electrons. The first kappa shape index (κ1) is 14.9. The van der Waals surface area contributed by atoms with E-state index in [1.165, 1.54) is 16.3 Å². The van der Waals surface area contributed by atoms with Crippen molar-refractivity contribution in [1.29, 1.82) is 0 Å². The van der Waals surface area contributed by atoms with E-state index in [2.05, 4.69) is 0 Å². The van der Waals surface area contributed by atoms with Crippen molar-refractivity contribution >= 4 is 21.9 Å². The smallest absolute Gasteiger partial charge is 0.305 e. The average Bonchev–Trinajstić information content (AvgIpc) is 2.62. The molecule has 1 N–H and O–H groups in total. The van der Waals surface area contributed by atoms with Crippen LogP contribution in [0.4, 0.5) is 0 Å². The molecule has 1 fully saturated rings. The van der Waals surface area contributed by atoms with Crippen LogP contribution in [0.25, 0.3) is 0 Å². The van der Waals surface area contributed by atoms with Gasteiger partial charge in [0.05, 0.1) is 12.2 Å². The molecule has 1 rings (SSSR count). The quantitative estimate of drug-likeness (QED) is 0.696. The summed E-state index contributed by atoms with van der Waals surface area (Å²) in [6, 6.07) is 0. The summed E-state index contributed by atoms with van der Waals surface area (Å²) < 4.78 is 24.3. The second kappa shape index (κ2) is 6.14. The van der Waals surface area contributed by atoms with Crippen LogP contribution >= 0.6 is 0 Å². The minimum Gasteiger partial charge on any atom is -0.481 e. The number of hydrogen-bond donors (Lipinski definition) is 1. The van der Waals surface area contributed by atoms with Gasteiger partial charge >= 0.3 is 5.97 Å². The van der Waals surface area contributed by atoms with E-state index in [4.69, 9.17) is 5.11 Å². The lowest BCUT2D eigenvalue weighted by atomic mass is 10.3. The second-order valence-corrected chi connectivity index (χ2v) is 6.37. The standard InChI is InChI=1S/C10H18N2O5S/c1-11(6-4-10(14)15)9(13)3-7-12-5-2-8-18(12,16)17/h2-8H2,1H3,(H,14,15). The summed E-state index contributed by atoms with van der Waals surface area (Å²) in [6.45, 7) is 0.786. The Bertz CT molecular complexity index is 420. The number of sulfonamides is 1. The van der Waals surface area contributed by atoms with E-state index in [9.17, 15) is 18.0 Å². The molecule has 1 aliphatic heterocycles. The maximum absolute atomic E-state index is 11.6. The van der Waals surface area contributed by atoms with E-state index < -0.39 is 16.0 Å². The van der Waals surface area contributed by atoms with E-state index in [1.54, 1.807) is 0 Å².